The van der Waals surface area contributed by atoms with Crippen LogP contribution in [-0.2, 0) is 0 Å². The number of isothiocyanates is 3. The Kier molecular flexibility index (Phi) is 13.0. The van der Waals surface area contributed by atoms with Gasteiger partial charge in [-0.25, -0.2) is 14.0 Å². The van der Waals surface area contributed by atoms with Crippen molar-refractivity contribution in [3.63, 3.8) is 0 Å². The number of ether oxygens (including phenoxy) is 1. The Morgan fingerprint density at radius 3 is 2.03 bits per heavy atom. The summed E-state index contributed by atoms with van der Waals surface area (Å²) in [6.45, 7) is 3.02. The first kappa shape index (κ1) is 26.9. The van der Waals surface area contributed by atoms with Crippen molar-refractivity contribution in [2.45, 2.75) is 83.1 Å². The summed E-state index contributed by atoms with van der Waals surface area (Å²) in [5, 5.41) is 7.14. The minimum Gasteiger partial charge on any atom is -0.494 e. The molecule has 0 bridgehead atoms. The molecule has 1 fully saturated rings. The highest BCUT2D eigenvalue weighted by Gasteiger charge is 2.33. The van der Waals surface area contributed by atoms with Gasteiger partial charge in [0.15, 0.2) is 0 Å². The Morgan fingerprint density at radius 1 is 0.875 bits per heavy atom. The van der Waals surface area contributed by atoms with Crippen molar-refractivity contribution in [1.82, 2.24) is 0 Å². The molecule has 0 saturated heterocycles. The maximum Gasteiger partial charge on any atom is 0.461 e. The van der Waals surface area contributed by atoms with Crippen LogP contribution in [0.15, 0.2) is 38.2 Å². The van der Waals surface area contributed by atoms with E-state index >= 15 is 0 Å². The van der Waals surface area contributed by atoms with Gasteiger partial charge in [0.25, 0.3) is 0 Å². The third-order valence-corrected chi connectivity index (χ3v) is 9.44. The summed E-state index contributed by atoms with van der Waals surface area (Å²) in [7, 11) is -2.75. The molecule has 1 aromatic rings. The van der Waals surface area contributed by atoms with E-state index in [1.54, 1.807) is 0 Å². The molecule has 1 aliphatic carbocycles. The first-order valence-corrected chi connectivity index (χ1v) is 14.9. The van der Waals surface area contributed by atoms with E-state index in [4.69, 9.17) is 41.4 Å². The zero-order valence-electron chi connectivity index (χ0n) is 18.9. The molecule has 2 rings (SSSR count). The minimum atomic E-state index is -2.75. The van der Waals surface area contributed by atoms with Crippen molar-refractivity contribution in [2.24, 2.45) is 19.9 Å². The molecule has 1 aliphatic rings. The molecule has 0 aliphatic heterocycles. The van der Waals surface area contributed by atoms with Gasteiger partial charge in [-0.2, -0.15) is 0 Å². The van der Waals surface area contributed by atoms with E-state index in [1.807, 2.05) is 0 Å². The molecule has 0 N–H and O–H groups in total. The second-order valence-corrected chi connectivity index (χ2v) is 11.7. The molecule has 0 radical (unpaired) electrons. The summed E-state index contributed by atoms with van der Waals surface area (Å²) >= 11 is 14.2. The highest BCUT2D eigenvalue weighted by atomic mass is 32.1. The van der Waals surface area contributed by atoms with Gasteiger partial charge >= 0.3 is 8.56 Å². The molecular formula is C24H33N3OS3Si. The van der Waals surface area contributed by atoms with Gasteiger partial charge in [0.05, 0.1) is 22.1 Å². The second-order valence-electron chi connectivity index (χ2n) is 8.47. The highest BCUT2D eigenvalue weighted by Crippen LogP contribution is 2.37. The van der Waals surface area contributed by atoms with E-state index in [-0.39, 0.29) is 0 Å². The van der Waals surface area contributed by atoms with Gasteiger partial charge in [-0.05, 0) is 98.3 Å². The predicted molar refractivity (Wildman–Crippen MR) is 146 cm³/mol. The Morgan fingerprint density at radius 2 is 1.47 bits per heavy atom. The summed E-state index contributed by atoms with van der Waals surface area (Å²) < 4.78 is 18.4. The summed E-state index contributed by atoms with van der Waals surface area (Å²) in [6, 6.07) is 9.46. The lowest BCUT2D eigenvalue weighted by atomic mass is 9.77. The van der Waals surface area contributed by atoms with Crippen LogP contribution in [0.1, 0.15) is 82.6 Å². The molecule has 0 amide bonds. The van der Waals surface area contributed by atoms with Crippen molar-refractivity contribution >= 4 is 60.7 Å². The zero-order valence-corrected chi connectivity index (χ0v) is 22.4. The smallest absolute Gasteiger partial charge is 0.461 e. The molecule has 32 heavy (non-hydrogen) atoms. The number of hydrogen-bond acceptors (Lipinski definition) is 7. The lowest BCUT2D eigenvalue weighted by Gasteiger charge is -2.28. The van der Waals surface area contributed by atoms with Crippen LogP contribution < -0.4 is 4.74 Å². The van der Waals surface area contributed by atoms with E-state index in [2.05, 4.69) is 60.6 Å². The summed E-state index contributed by atoms with van der Waals surface area (Å²) in [5.41, 5.74) is 1.47. The number of unbranched alkanes of at least 4 members (excludes halogenated alkanes) is 3. The highest BCUT2D eigenvalue weighted by molar-refractivity contribution is 7.78. The predicted octanol–water partition coefficient (Wildman–Crippen LogP) is 7.95. The fourth-order valence-electron chi connectivity index (χ4n) is 4.50. The van der Waals surface area contributed by atoms with Crippen molar-refractivity contribution < 1.29 is 4.74 Å². The third-order valence-electron chi connectivity index (χ3n) is 6.24. The van der Waals surface area contributed by atoms with Crippen LogP contribution in [0.3, 0.4) is 0 Å². The van der Waals surface area contributed by atoms with Crippen LogP contribution in [0.25, 0.3) is 0 Å². The van der Waals surface area contributed by atoms with E-state index < -0.39 is 8.56 Å². The van der Waals surface area contributed by atoms with Crippen LogP contribution in [0.5, 0.6) is 5.75 Å². The molecule has 4 nitrogen and oxygen atoms in total. The fourth-order valence-corrected chi connectivity index (χ4v) is 7.46. The largest absolute Gasteiger partial charge is 0.494 e. The van der Waals surface area contributed by atoms with Gasteiger partial charge < -0.3 is 4.74 Å². The van der Waals surface area contributed by atoms with Gasteiger partial charge in [-0.1, -0.05) is 51.2 Å². The molecule has 8 heteroatoms. The Labute approximate surface area is 209 Å². The summed E-state index contributed by atoms with van der Waals surface area (Å²) in [5.74, 6) is 2.63. The fraction of sp³-hybridized carbons (Fsp3) is 0.625. The van der Waals surface area contributed by atoms with Gasteiger partial charge in [0, 0.05) is 6.04 Å². The summed E-state index contributed by atoms with van der Waals surface area (Å²) in [4.78, 5) is 0. The number of thiocarbonyl (C=S) groups is 3. The average Bonchev–Trinajstić information content (AvgIpc) is 2.80. The monoisotopic (exact) mass is 503 g/mol. The quantitative estimate of drug-likeness (QED) is 0.112. The molecular weight excluding hydrogens is 471 g/mol. The van der Waals surface area contributed by atoms with E-state index in [9.17, 15) is 0 Å². The average molecular weight is 504 g/mol. The Bertz CT molecular complexity index is 791. The molecule has 0 unspecified atom stereocenters. The topological polar surface area (TPSA) is 46.3 Å². The summed E-state index contributed by atoms with van der Waals surface area (Å²) in [6.07, 6.45) is 12.2. The lowest BCUT2D eigenvalue weighted by Crippen LogP contribution is -2.27. The molecule has 0 spiro atoms. The SMILES string of the molecule is CCC[C@H]1CC[C@H](c2ccc(OCCCCCC[Si](N=C=S)(N=C=S)N=C=S)cc2)CC1. The molecule has 0 aromatic heterocycles. The minimum absolute atomic E-state index is 0.687. The maximum absolute atomic E-state index is 5.94. The van der Waals surface area contributed by atoms with Crippen LogP contribution in [0.4, 0.5) is 0 Å². The van der Waals surface area contributed by atoms with Crippen LogP contribution in [-0.4, -0.2) is 30.6 Å². The van der Waals surface area contributed by atoms with Crippen LogP contribution in [0.2, 0.25) is 6.04 Å². The van der Waals surface area contributed by atoms with Gasteiger partial charge in [0.2, 0.25) is 0 Å². The maximum atomic E-state index is 5.94. The van der Waals surface area contributed by atoms with Crippen molar-refractivity contribution in [1.29, 1.82) is 0 Å². The third kappa shape index (κ3) is 9.25. The van der Waals surface area contributed by atoms with Crippen molar-refractivity contribution in [2.75, 3.05) is 6.61 Å². The normalized spacial score (nSPS) is 19.5. The molecule has 172 valence electrons. The van der Waals surface area contributed by atoms with E-state index in [0.717, 1.165) is 49.9 Å². The molecule has 0 heterocycles. The zero-order chi connectivity index (χ0) is 23.1. The van der Waals surface area contributed by atoms with Crippen LogP contribution in [0, 0.1) is 5.92 Å². The number of benzene rings is 1. The number of rotatable bonds is 14. The van der Waals surface area contributed by atoms with Crippen molar-refractivity contribution in [3.8, 4) is 5.75 Å². The first-order valence-electron chi connectivity index (χ1n) is 11.7. The van der Waals surface area contributed by atoms with Crippen molar-refractivity contribution in [3.05, 3.63) is 29.8 Å². The lowest BCUT2D eigenvalue weighted by molar-refractivity contribution is 0.302. The van der Waals surface area contributed by atoms with Crippen LogP contribution >= 0.6 is 36.7 Å². The Hall–Kier alpha value is -1.36. The second kappa shape index (κ2) is 15.5. The van der Waals surface area contributed by atoms with Gasteiger partial charge in [-0.3, -0.25) is 0 Å². The van der Waals surface area contributed by atoms with E-state index in [1.165, 1.54) is 44.1 Å². The number of nitrogens with zero attached hydrogens (tertiary/aromatic N) is 3. The first-order chi connectivity index (χ1) is 15.7. The standard InChI is InChI=1S/C24H33N3OS3Si/c1-2-7-21-8-10-22(11-9-21)23-12-14-24(15-13-23)28-16-5-3-4-6-17-32(25-18-29,26-19-30)27-20-31/h12-15,21-22H,2-11,16-17H2,1H3/t21-,22-. The molecule has 0 atom stereocenters. The van der Waals surface area contributed by atoms with E-state index in [0.29, 0.717) is 6.04 Å². The number of hydrogen-bond donors (Lipinski definition) is 0. The van der Waals surface area contributed by atoms with Gasteiger partial charge in [0.1, 0.15) is 5.75 Å². The Balaban J connectivity index is 1.66. The van der Waals surface area contributed by atoms with Gasteiger partial charge in [-0.15, -0.1) is 0 Å². The molecule has 1 aromatic carbocycles. The molecule has 1 saturated carbocycles.